The Morgan fingerprint density at radius 3 is 2.25 bits per heavy atom. The maximum atomic E-state index is 14.4. The molecule has 1 fully saturated rings. The molecule has 0 radical (unpaired) electrons. The Labute approximate surface area is 236 Å². The highest BCUT2D eigenvalue weighted by Gasteiger charge is 2.48. The van der Waals surface area contributed by atoms with E-state index in [1.807, 2.05) is 34.1 Å². The van der Waals surface area contributed by atoms with E-state index in [1.54, 1.807) is 0 Å². The van der Waals surface area contributed by atoms with Crippen LogP contribution in [0.15, 0.2) is 78.9 Å². The summed E-state index contributed by atoms with van der Waals surface area (Å²) >= 11 is 0. The highest BCUT2D eigenvalue weighted by Crippen LogP contribution is 2.48. The van der Waals surface area contributed by atoms with Gasteiger partial charge in [0.2, 0.25) is 5.91 Å². The van der Waals surface area contributed by atoms with Crippen molar-refractivity contribution in [2.75, 3.05) is 33.2 Å². The average molecular weight is 535 g/mol. The fraction of sp³-hybridized carbons (Fsp3) is 0.353. The Morgan fingerprint density at radius 1 is 0.875 bits per heavy atom. The third-order valence-electron chi connectivity index (χ3n) is 9.02. The molecule has 2 aliphatic heterocycles. The normalized spacial score (nSPS) is 19.2. The third kappa shape index (κ3) is 4.22. The first kappa shape index (κ1) is 26.3. The van der Waals surface area contributed by atoms with Crippen molar-refractivity contribution >= 4 is 22.7 Å². The van der Waals surface area contributed by atoms with Gasteiger partial charge in [-0.15, -0.1) is 0 Å². The molecule has 3 unspecified atom stereocenters. The number of nitrogens with zero attached hydrogens (tertiary/aromatic N) is 4. The zero-order valence-electron chi connectivity index (χ0n) is 23.9. The minimum atomic E-state index is -0.555. The van der Waals surface area contributed by atoms with Crippen molar-refractivity contribution in [3.8, 4) is 11.3 Å². The van der Waals surface area contributed by atoms with Gasteiger partial charge in [0.15, 0.2) is 0 Å². The van der Waals surface area contributed by atoms with Crippen LogP contribution in [-0.2, 0) is 11.8 Å². The molecule has 40 heavy (non-hydrogen) atoms. The fourth-order valence-electron chi connectivity index (χ4n) is 6.64. The second-order valence-corrected chi connectivity index (χ2v) is 11.4. The Bertz CT molecular complexity index is 1550. The first-order valence-electron chi connectivity index (χ1n) is 14.4. The topological polar surface area (TPSA) is 48.8 Å². The van der Waals surface area contributed by atoms with Crippen LogP contribution in [0.4, 0.5) is 0 Å². The van der Waals surface area contributed by atoms with Gasteiger partial charge in [0.25, 0.3) is 5.91 Å². The molecule has 0 N–H and O–H groups in total. The van der Waals surface area contributed by atoms with Crippen LogP contribution in [0, 0.1) is 5.92 Å². The predicted molar refractivity (Wildman–Crippen MR) is 160 cm³/mol. The van der Waals surface area contributed by atoms with Crippen LogP contribution in [0.1, 0.15) is 47.8 Å². The summed E-state index contributed by atoms with van der Waals surface area (Å²) in [7, 11) is 4.19. The zero-order chi connectivity index (χ0) is 28.0. The van der Waals surface area contributed by atoms with Gasteiger partial charge in [0.1, 0.15) is 6.04 Å². The van der Waals surface area contributed by atoms with Crippen molar-refractivity contribution < 1.29 is 9.59 Å². The molecule has 4 aromatic rings. The van der Waals surface area contributed by atoms with Gasteiger partial charge in [-0.1, -0.05) is 87.0 Å². The highest BCUT2D eigenvalue weighted by atomic mass is 16.2. The number of aryl methyl sites for hydroxylation is 1. The second kappa shape index (κ2) is 10.6. The molecule has 6 rings (SSSR count). The lowest BCUT2D eigenvalue weighted by Crippen LogP contribution is -2.57. The minimum Gasteiger partial charge on any atom is -0.343 e. The number of aromatic nitrogens is 1. The average Bonchev–Trinajstić information content (AvgIpc) is 3.44. The summed E-state index contributed by atoms with van der Waals surface area (Å²) < 4.78 is 2.24. The van der Waals surface area contributed by atoms with Gasteiger partial charge >= 0.3 is 0 Å². The lowest BCUT2D eigenvalue weighted by Gasteiger charge is -2.41. The number of hydrogen-bond acceptors (Lipinski definition) is 3. The minimum absolute atomic E-state index is 0.00284. The molecule has 2 amide bonds. The first-order chi connectivity index (χ1) is 19.4. The molecule has 2 aliphatic rings. The Balaban J connectivity index is 1.59. The van der Waals surface area contributed by atoms with E-state index in [2.05, 4.69) is 92.0 Å². The van der Waals surface area contributed by atoms with E-state index in [-0.39, 0.29) is 23.8 Å². The SMILES string of the molecule is CCC(C)C(C(=O)N1CCN(C)CC1)N1C(=O)c2ccccc2C1c1c(-c2ccccc2)n(C)c2ccccc12. The number of rotatable bonds is 6. The van der Waals surface area contributed by atoms with E-state index in [0.29, 0.717) is 18.7 Å². The van der Waals surface area contributed by atoms with E-state index in [1.165, 1.54) is 0 Å². The smallest absolute Gasteiger partial charge is 0.255 e. The molecular weight excluding hydrogens is 496 g/mol. The summed E-state index contributed by atoms with van der Waals surface area (Å²) in [6.45, 7) is 7.30. The molecule has 1 saturated heterocycles. The molecule has 6 heteroatoms. The van der Waals surface area contributed by atoms with Gasteiger partial charge in [0.05, 0.1) is 11.7 Å². The molecular formula is C34H38N4O2. The predicted octanol–water partition coefficient (Wildman–Crippen LogP) is 5.58. The Morgan fingerprint density at radius 2 is 1.52 bits per heavy atom. The van der Waals surface area contributed by atoms with E-state index >= 15 is 0 Å². The number of carbonyl (C=O) groups excluding carboxylic acids is 2. The maximum Gasteiger partial charge on any atom is 0.255 e. The van der Waals surface area contributed by atoms with E-state index in [4.69, 9.17) is 0 Å². The monoisotopic (exact) mass is 534 g/mol. The molecule has 0 aliphatic carbocycles. The molecule has 0 spiro atoms. The summed E-state index contributed by atoms with van der Waals surface area (Å²) in [5.41, 5.74) is 6.04. The van der Waals surface area contributed by atoms with Crippen molar-refractivity contribution in [2.45, 2.75) is 32.4 Å². The Kier molecular flexibility index (Phi) is 6.97. The van der Waals surface area contributed by atoms with Gasteiger partial charge in [-0.2, -0.15) is 0 Å². The van der Waals surface area contributed by atoms with Crippen LogP contribution in [0.5, 0.6) is 0 Å². The maximum absolute atomic E-state index is 14.4. The lowest BCUT2D eigenvalue weighted by atomic mass is 9.90. The summed E-state index contributed by atoms with van der Waals surface area (Å²) in [5, 5.41) is 1.11. The second-order valence-electron chi connectivity index (χ2n) is 11.4. The number of carbonyl (C=O) groups is 2. The van der Waals surface area contributed by atoms with Gasteiger partial charge in [0, 0.05) is 55.3 Å². The fourth-order valence-corrected chi connectivity index (χ4v) is 6.64. The van der Waals surface area contributed by atoms with Crippen LogP contribution in [0.2, 0.25) is 0 Å². The summed E-state index contributed by atoms with van der Waals surface area (Å²) in [6.07, 6.45) is 0.804. The summed E-state index contributed by atoms with van der Waals surface area (Å²) in [4.78, 5) is 35.0. The van der Waals surface area contributed by atoms with Crippen LogP contribution in [0.3, 0.4) is 0 Å². The standard InChI is InChI=1S/C34H38N4O2/c1-5-23(2)30(34(40)37-21-19-35(3)20-22-37)38-32(25-15-9-10-16-26(25)33(38)39)29-27-17-11-12-18-28(27)36(4)31(29)24-13-7-6-8-14-24/h6-18,23,30,32H,5,19-22H2,1-4H3. The number of likely N-dealkylation sites (N-methyl/N-ethyl adjacent to an activating group) is 1. The molecule has 0 saturated carbocycles. The van der Waals surface area contributed by atoms with Crippen LogP contribution < -0.4 is 0 Å². The third-order valence-corrected chi connectivity index (χ3v) is 9.02. The van der Waals surface area contributed by atoms with E-state index in [9.17, 15) is 9.59 Å². The number of amides is 2. The molecule has 206 valence electrons. The largest absolute Gasteiger partial charge is 0.343 e. The van der Waals surface area contributed by atoms with Gasteiger partial charge in [-0.25, -0.2) is 0 Å². The van der Waals surface area contributed by atoms with Gasteiger partial charge in [-0.3, -0.25) is 9.59 Å². The number of hydrogen-bond donors (Lipinski definition) is 0. The number of para-hydroxylation sites is 1. The van der Waals surface area contributed by atoms with Gasteiger partial charge in [-0.05, 0) is 36.2 Å². The molecule has 1 aromatic heterocycles. The number of fused-ring (bicyclic) bond motifs is 2. The van der Waals surface area contributed by atoms with Crippen molar-refractivity contribution in [3.63, 3.8) is 0 Å². The van der Waals surface area contributed by atoms with Gasteiger partial charge < -0.3 is 19.3 Å². The van der Waals surface area contributed by atoms with E-state index in [0.717, 1.165) is 52.8 Å². The van der Waals surface area contributed by atoms with Crippen molar-refractivity contribution in [1.29, 1.82) is 0 Å². The van der Waals surface area contributed by atoms with Crippen LogP contribution >= 0.6 is 0 Å². The van der Waals surface area contributed by atoms with Crippen LogP contribution in [-0.4, -0.2) is 70.3 Å². The lowest BCUT2D eigenvalue weighted by molar-refractivity contribution is -0.140. The summed E-state index contributed by atoms with van der Waals surface area (Å²) in [5.74, 6) is 0.0125. The Hall–Kier alpha value is -3.90. The summed E-state index contributed by atoms with van der Waals surface area (Å²) in [6, 6.07) is 25.8. The quantitative estimate of drug-likeness (QED) is 0.325. The van der Waals surface area contributed by atoms with Crippen molar-refractivity contribution in [3.05, 3.63) is 95.6 Å². The van der Waals surface area contributed by atoms with Crippen molar-refractivity contribution in [1.82, 2.24) is 19.3 Å². The molecule has 3 heterocycles. The van der Waals surface area contributed by atoms with Crippen LogP contribution in [0.25, 0.3) is 22.2 Å². The first-order valence-corrected chi connectivity index (χ1v) is 14.4. The van der Waals surface area contributed by atoms with E-state index < -0.39 is 6.04 Å². The highest BCUT2D eigenvalue weighted by molar-refractivity contribution is 6.04. The zero-order valence-corrected chi connectivity index (χ0v) is 23.9. The molecule has 3 aromatic carbocycles. The molecule has 0 bridgehead atoms. The molecule has 3 atom stereocenters. The number of benzene rings is 3. The van der Waals surface area contributed by atoms with Crippen molar-refractivity contribution in [2.24, 2.45) is 13.0 Å². The number of piperazine rings is 1. The molecule has 6 nitrogen and oxygen atoms in total.